The molecule has 1 aromatic heterocycles. The molecule has 2 heterocycles. The van der Waals surface area contributed by atoms with E-state index in [4.69, 9.17) is 0 Å². The fourth-order valence-electron chi connectivity index (χ4n) is 4.19. The van der Waals surface area contributed by atoms with Gasteiger partial charge in [0.2, 0.25) is 0 Å². The molecule has 114 valence electrons. The zero-order chi connectivity index (χ0) is 14.1. The smallest absolute Gasteiger partial charge is 0.129 e. The highest BCUT2D eigenvalue weighted by Gasteiger charge is 2.34. The Labute approximate surface area is 128 Å². The van der Waals surface area contributed by atoms with Gasteiger partial charge in [-0.25, -0.2) is 4.98 Å². The third-order valence-corrected chi connectivity index (χ3v) is 5.52. The summed E-state index contributed by atoms with van der Waals surface area (Å²) in [4.78, 5) is 7.29. The number of hydrogen-bond donors (Lipinski definition) is 1. The minimum Gasteiger partial charge on any atom is -0.353 e. The van der Waals surface area contributed by atoms with Crippen LogP contribution in [0.5, 0.6) is 0 Å². The van der Waals surface area contributed by atoms with Gasteiger partial charge in [-0.15, -0.1) is 0 Å². The van der Waals surface area contributed by atoms with Gasteiger partial charge >= 0.3 is 0 Å². The highest BCUT2D eigenvalue weighted by molar-refractivity contribution is 5.43. The van der Waals surface area contributed by atoms with Gasteiger partial charge in [-0.05, 0) is 62.1 Å². The number of rotatable bonds is 5. The zero-order valence-corrected chi connectivity index (χ0v) is 12.9. The molecule has 1 aromatic rings. The largest absolute Gasteiger partial charge is 0.353 e. The van der Waals surface area contributed by atoms with E-state index in [9.17, 15) is 0 Å². The van der Waals surface area contributed by atoms with Gasteiger partial charge in [-0.1, -0.05) is 12.8 Å². The number of anilines is 1. The molecule has 2 aliphatic carbocycles. The van der Waals surface area contributed by atoms with Gasteiger partial charge in [0.1, 0.15) is 5.82 Å². The minimum absolute atomic E-state index is 0.756. The van der Waals surface area contributed by atoms with E-state index in [1.54, 1.807) is 0 Å². The molecule has 1 atom stereocenters. The van der Waals surface area contributed by atoms with Gasteiger partial charge in [0.25, 0.3) is 0 Å². The maximum Gasteiger partial charge on any atom is 0.129 e. The Bertz CT molecular complexity index is 477. The van der Waals surface area contributed by atoms with Gasteiger partial charge in [0.15, 0.2) is 0 Å². The Morgan fingerprint density at radius 2 is 1.95 bits per heavy atom. The van der Waals surface area contributed by atoms with Crippen molar-refractivity contribution in [1.29, 1.82) is 0 Å². The number of nitrogens with zero attached hydrogens (tertiary/aromatic N) is 2. The first kappa shape index (κ1) is 13.6. The third-order valence-electron chi connectivity index (χ3n) is 5.52. The fourth-order valence-corrected chi connectivity index (χ4v) is 4.19. The van der Waals surface area contributed by atoms with Crippen molar-refractivity contribution >= 4 is 5.82 Å². The molecule has 1 aliphatic heterocycles. The summed E-state index contributed by atoms with van der Waals surface area (Å²) >= 11 is 0. The SMILES string of the molecule is c1cc(CNC2CC2)cc(N2CCCC2C2CCCC2)n1. The Morgan fingerprint density at radius 1 is 1.10 bits per heavy atom. The molecule has 3 heteroatoms. The molecule has 2 saturated carbocycles. The van der Waals surface area contributed by atoms with E-state index in [1.807, 2.05) is 6.20 Å². The second-order valence-corrected chi connectivity index (χ2v) is 7.12. The Kier molecular flexibility index (Phi) is 3.85. The molecular formula is C18H27N3. The van der Waals surface area contributed by atoms with Crippen molar-refractivity contribution in [2.24, 2.45) is 5.92 Å². The fraction of sp³-hybridized carbons (Fsp3) is 0.722. The van der Waals surface area contributed by atoms with Crippen LogP contribution in [0.4, 0.5) is 5.82 Å². The van der Waals surface area contributed by atoms with Crippen LogP contribution in [-0.2, 0) is 6.54 Å². The average Bonchev–Trinajstić information content (AvgIpc) is 3.01. The van der Waals surface area contributed by atoms with Crippen molar-refractivity contribution < 1.29 is 0 Å². The van der Waals surface area contributed by atoms with Crippen molar-refractivity contribution in [3.05, 3.63) is 23.9 Å². The minimum atomic E-state index is 0.756. The van der Waals surface area contributed by atoms with Crippen LogP contribution < -0.4 is 10.2 Å². The van der Waals surface area contributed by atoms with E-state index in [0.29, 0.717) is 0 Å². The van der Waals surface area contributed by atoms with Crippen LogP contribution in [-0.4, -0.2) is 23.6 Å². The Morgan fingerprint density at radius 3 is 2.76 bits per heavy atom. The molecule has 0 aromatic carbocycles. The van der Waals surface area contributed by atoms with Crippen LogP contribution in [0.15, 0.2) is 18.3 Å². The van der Waals surface area contributed by atoms with Gasteiger partial charge < -0.3 is 10.2 Å². The highest BCUT2D eigenvalue weighted by Crippen LogP contribution is 2.37. The molecule has 3 aliphatic rings. The lowest BCUT2D eigenvalue weighted by Crippen LogP contribution is -2.35. The second kappa shape index (κ2) is 5.96. The standard InChI is InChI=1S/C18H27N3/c1-2-5-15(4-1)17-6-3-11-21(17)18-12-14(9-10-19-18)13-20-16-7-8-16/h9-10,12,15-17,20H,1-8,11,13H2. The number of hydrogen-bond acceptors (Lipinski definition) is 3. The van der Waals surface area contributed by atoms with E-state index in [0.717, 1.165) is 24.5 Å². The second-order valence-electron chi connectivity index (χ2n) is 7.12. The lowest BCUT2D eigenvalue weighted by Gasteiger charge is -2.30. The summed E-state index contributed by atoms with van der Waals surface area (Å²) in [5.74, 6) is 2.14. The maximum atomic E-state index is 4.68. The van der Waals surface area contributed by atoms with Crippen LogP contribution in [0.25, 0.3) is 0 Å². The highest BCUT2D eigenvalue weighted by atomic mass is 15.2. The normalized spacial score (nSPS) is 26.7. The van der Waals surface area contributed by atoms with Crippen molar-refractivity contribution in [1.82, 2.24) is 10.3 Å². The summed E-state index contributed by atoms with van der Waals surface area (Å²) in [6, 6.07) is 6.02. The summed E-state index contributed by atoms with van der Waals surface area (Å²) in [6.07, 6.45) is 13.2. The summed E-state index contributed by atoms with van der Waals surface area (Å²) in [5, 5.41) is 3.61. The topological polar surface area (TPSA) is 28.2 Å². The average molecular weight is 285 g/mol. The molecule has 4 rings (SSSR count). The van der Waals surface area contributed by atoms with E-state index < -0.39 is 0 Å². The van der Waals surface area contributed by atoms with E-state index in [2.05, 4.69) is 27.3 Å². The molecular weight excluding hydrogens is 258 g/mol. The quantitative estimate of drug-likeness (QED) is 0.897. The number of nitrogens with one attached hydrogen (secondary N) is 1. The Balaban J connectivity index is 1.47. The summed E-state index contributed by atoms with van der Waals surface area (Å²) in [7, 11) is 0. The predicted molar refractivity (Wildman–Crippen MR) is 86.4 cm³/mol. The first-order valence-electron chi connectivity index (χ1n) is 8.85. The van der Waals surface area contributed by atoms with E-state index in [1.165, 1.54) is 69.3 Å². The summed E-state index contributed by atoms with van der Waals surface area (Å²) in [6.45, 7) is 2.20. The van der Waals surface area contributed by atoms with E-state index >= 15 is 0 Å². The van der Waals surface area contributed by atoms with Crippen LogP contribution >= 0.6 is 0 Å². The van der Waals surface area contributed by atoms with Gasteiger partial charge in [0.05, 0.1) is 0 Å². The molecule has 1 unspecified atom stereocenters. The molecule has 0 radical (unpaired) electrons. The molecule has 0 spiro atoms. The molecule has 1 saturated heterocycles. The number of pyridine rings is 1. The molecule has 3 fully saturated rings. The van der Waals surface area contributed by atoms with Crippen molar-refractivity contribution in [2.45, 2.75) is 70.0 Å². The molecule has 21 heavy (non-hydrogen) atoms. The molecule has 1 N–H and O–H groups in total. The third kappa shape index (κ3) is 3.08. The first-order valence-corrected chi connectivity index (χ1v) is 8.85. The van der Waals surface area contributed by atoms with Crippen molar-refractivity contribution in [3.8, 4) is 0 Å². The monoisotopic (exact) mass is 285 g/mol. The van der Waals surface area contributed by atoms with Crippen LogP contribution in [0.1, 0.15) is 56.9 Å². The van der Waals surface area contributed by atoms with Crippen molar-refractivity contribution in [2.75, 3.05) is 11.4 Å². The molecule has 0 bridgehead atoms. The van der Waals surface area contributed by atoms with E-state index in [-0.39, 0.29) is 0 Å². The van der Waals surface area contributed by atoms with Gasteiger partial charge in [-0.3, -0.25) is 0 Å². The molecule has 0 amide bonds. The Hall–Kier alpha value is -1.09. The lowest BCUT2D eigenvalue weighted by molar-refractivity contribution is 0.429. The summed E-state index contributed by atoms with van der Waals surface area (Å²) < 4.78 is 0. The lowest BCUT2D eigenvalue weighted by atomic mass is 9.96. The maximum absolute atomic E-state index is 4.68. The summed E-state index contributed by atoms with van der Waals surface area (Å²) in [5.41, 5.74) is 1.39. The van der Waals surface area contributed by atoms with Crippen LogP contribution in [0, 0.1) is 5.92 Å². The molecule has 3 nitrogen and oxygen atoms in total. The van der Waals surface area contributed by atoms with Crippen molar-refractivity contribution in [3.63, 3.8) is 0 Å². The zero-order valence-electron chi connectivity index (χ0n) is 12.9. The van der Waals surface area contributed by atoms with Gasteiger partial charge in [-0.2, -0.15) is 0 Å². The van der Waals surface area contributed by atoms with Crippen LogP contribution in [0.3, 0.4) is 0 Å². The number of aromatic nitrogens is 1. The predicted octanol–water partition coefficient (Wildman–Crippen LogP) is 3.49. The van der Waals surface area contributed by atoms with Gasteiger partial charge in [0, 0.05) is 31.4 Å². The first-order chi connectivity index (χ1) is 10.4. The van der Waals surface area contributed by atoms with Crippen LogP contribution in [0.2, 0.25) is 0 Å².